The molecule has 3 aliphatic rings. The Morgan fingerprint density at radius 3 is 2.55 bits per heavy atom. The number of likely N-dealkylation sites (tertiary alicyclic amines) is 1. The van der Waals surface area contributed by atoms with Gasteiger partial charge >= 0.3 is 0 Å². The van der Waals surface area contributed by atoms with Crippen molar-refractivity contribution in [1.82, 2.24) is 19.9 Å². The van der Waals surface area contributed by atoms with Gasteiger partial charge in [0.2, 0.25) is 27.7 Å². The third kappa shape index (κ3) is 6.09. The number of benzene rings is 1. The van der Waals surface area contributed by atoms with Crippen molar-refractivity contribution in [2.45, 2.75) is 75.4 Å². The lowest BCUT2D eigenvalue weighted by Crippen LogP contribution is -2.59. The Hall–Kier alpha value is -3.42. The van der Waals surface area contributed by atoms with Crippen LogP contribution in [0.15, 0.2) is 37.1 Å². The number of hydrogen-bond donors (Lipinski definition) is 3. The van der Waals surface area contributed by atoms with Gasteiger partial charge in [-0.15, -0.1) is 6.58 Å². The maximum atomic E-state index is 13.9. The second-order valence-electron chi connectivity index (χ2n) is 12.8. The normalized spacial score (nSPS) is 25.7. The molecule has 0 bridgehead atoms. The summed E-state index contributed by atoms with van der Waals surface area (Å²) in [5.74, 6) is -1.60. The van der Waals surface area contributed by atoms with E-state index in [1.54, 1.807) is 18.2 Å². The smallest absolute Gasteiger partial charge is 0.259 e. The molecular weight excluding hydrogens is 610 g/mol. The van der Waals surface area contributed by atoms with Crippen LogP contribution in [0.1, 0.15) is 46.5 Å². The second kappa shape index (κ2) is 11.5. The standard InChI is InChI=1S/C30H38ClN5O7S/c1-6-16-13-30(16,28(39)35-44(40,41)19-8-9-19)34-25(37)22-12-18(15-36(22)27(38)24(32)29(2,3)4)43-26-21-11-17(31)7-10-20(21)23(42-5)14-33-26/h6-7,10-11,14,16,18-19,22,24H,1,8-9,12-13,15,32H2,2-5H3,(H,34,37)(H,35,39)/t16-,18-,22+,24?,30-/m1/s1. The summed E-state index contributed by atoms with van der Waals surface area (Å²) < 4.78 is 38.9. The van der Waals surface area contributed by atoms with Gasteiger partial charge < -0.3 is 25.4 Å². The van der Waals surface area contributed by atoms with Crippen molar-refractivity contribution in [1.29, 1.82) is 0 Å². The number of fused-ring (bicyclic) bond motifs is 1. The number of sulfonamides is 1. The van der Waals surface area contributed by atoms with E-state index < -0.39 is 68.1 Å². The lowest BCUT2D eigenvalue weighted by atomic mass is 9.86. The average molecular weight is 648 g/mol. The Morgan fingerprint density at radius 2 is 1.95 bits per heavy atom. The monoisotopic (exact) mass is 647 g/mol. The maximum absolute atomic E-state index is 13.9. The third-order valence-electron chi connectivity index (χ3n) is 8.57. The van der Waals surface area contributed by atoms with E-state index in [1.165, 1.54) is 24.3 Å². The molecule has 44 heavy (non-hydrogen) atoms. The van der Waals surface area contributed by atoms with Gasteiger partial charge in [-0.05, 0) is 42.9 Å². The molecule has 238 valence electrons. The van der Waals surface area contributed by atoms with E-state index in [1.807, 2.05) is 20.8 Å². The summed E-state index contributed by atoms with van der Waals surface area (Å²) in [6, 6.07) is 3.22. The minimum Gasteiger partial charge on any atom is -0.494 e. The van der Waals surface area contributed by atoms with Gasteiger partial charge in [0.25, 0.3) is 5.91 Å². The first-order valence-electron chi connectivity index (χ1n) is 14.5. The molecule has 2 aromatic rings. The van der Waals surface area contributed by atoms with Gasteiger partial charge in [0.05, 0.1) is 31.1 Å². The number of carbonyl (C=O) groups excluding carboxylic acids is 3. The molecule has 0 spiro atoms. The third-order valence-corrected chi connectivity index (χ3v) is 10.6. The second-order valence-corrected chi connectivity index (χ2v) is 15.2. The van der Waals surface area contributed by atoms with E-state index in [-0.39, 0.29) is 25.3 Å². The number of halogens is 1. The number of aromatic nitrogens is 1. The van der Waals surface area contributed by atoms with Crippen LogP contribution in [0.2, 0.25) is 5.02 Å². The summed E-state index contributed by atoms with van der Waals surface area (Å²) in [5, 5.41) is 3.92. The number of hydrogen-bond acceptors (Lipinski definition) is 9. The van der Waals surface area contributed by atoms with Crippen LogP contribution in [-0.2, 0) is 24.4 Å². The molecule has 2 heterocycles. The van der Waals surface area contributed by atoms with E-state index in [0.717, 1.165) is 5.39 Å². The lowest BCUT2D eigenvalue weighted by molar-refractivity contribution is -0.142. The Bertz CT molecular complexity index is 1620. The van der Waals surface area contributed by atoms with Crippen molar-refractivity contribution in [3.8, 4) is 11.6 Å². The van der Waals surface area contributed by atoms with Crippen molar-refractivity contribution in [3.05, 3.63) is 42.1 Å². The van der Waals surface area contributed by atoms with Crippen molar-refractivity contribution in [3.63, 3.8) is 0 Å². The molecule has 1 aromatic heterocycles. The van der Waals surface area contributed by atoms with Gasteiger partial charge in [0.1, 0.15) is 23.4 Å². The zero-order chi connectivity index (χ0) is 32.2. The van der Waals surface area contributed by atoms with Gasteiger partial charge in [-0.2, -0.15) is 0 Å². The van der Waals surface area contributed by atoms with Crippen molar-refractivity contribution < 1.29 is 32.3 Å². The molecule has 2 aliphatic carbocycles. The van der Waals surface area contributed by atoms with Crippen molar-refractivity contribution in [2.24, 2.45) is 17.1 Å². The highest BCUT2D eigenvalue weighted by molar-refractivity contribution is 7.91. The Morgan fingerprint density at radius 1 is 1.25 bits per heavy atom. The highest BCUT2D eigenvalue weighted by atomic mass is 35.5. The number of ether oxygens (including phenoxy) is 2. The highest BCUT2D eigenvalue weighted by Gasteiger charge is 2.62. The molecule has 5 rings (SSSR count). The topological polar surface area (TPSA) is 170 Å². The molecule has 4 N–H and O–H groups in total. The fraction of sp³-hybridized carbons (Fsp3) is 0.533. The predicted octanol–water partition coefficient (Wildman–Crippen LogP) is 2.29. The molecule has 3 amide bonds. The molecule has 1 aliphatic heterocycles. The van der Waals surface area contributed by atoms with Crippen LogP contribution >= 0.6 is 11.6 Å². The summed E-state index contributed by atoms with van der Waals surface area (Å²) in [4.78, 5) is 46.6. The quantitative estimate of drug-likeness (QED) is 0.327. The van der Waals surface area contributed by atoms with Gasteiger partial charge in [-0.3, -0.25) is 19.1 Å². The predicted molar refractivity (Wildman–Crippen MR) is 165 cm³/mol. The summed E-state index contributed by atoms with van der Waals surface area (Å²) in [7, 11) is -2.32. The number of nitrogens with two attached hydrogens (primary N) is 1. The molecule has 1 unspecified atom stereocenters. The molecule has 3 fully saturated rings. The Labute approximate surface area is 261 Å². The van der Waals surface area contributed by atoms with Crippen molar-refractivity contribution in [2.75, 3.05) is 13.7 Å². The molecule has 12 nitrogen and oxygen atoms in total. The van der Waals surface area contributed by atoms with Crippen LogP contribution in [0.3, 0.4) is 0 Å². The molecule has 1 aromatic carbocycles. The van der Waals surface area contributed by atoms with Gasteiger partial charge in [-0.25, -0.2) is 13.4 Å². The number of nitrogens with zero attached hydrogens (tertiary/aromatic N) is 2. The molecule has 14 heteroatoms. The Kier molecular flexibility index (Phi) is 8.36. The van der Waals surface area contributed by atoms with E-state index in [4.69, 9.17) is 26.8 Å². The molecule has 0 radical (unpaired) electrons. The fourth-order valence-electron chi connectivity index (χ4n) is 5.52. The van der Waals surface area contributed by atoms with Crippen LogP contribution in [0.5, 0.6) is 11.6 Å². The zero-order valence-electron chi connectivity index (χ0n) is 25.1. The number of pyridine rings is 1. The number of amides is 3. The van der Waals surface area contributed by atoms with Gasteiger partial charge in [0, 0.05) is 28.1 Å². The molecule has 1 saturated heterocycles. The minimum absolute atomic E-state index is 0.0244. The first-order valence-corrected chi connectivity index (χ1v) is 16.4. The van der Waals surface area contributed by atoms with E-state index >= 15 is 0 Å². The summed E-state index contributed by atoms with van der Waals surface area (Å²) >= 11 is 6.27. The highest BCUT2D eigenvalue weighted by Crippen LogP contribution is 2.45. The van der Waals surface area contributed by atoms with E-state index in [9.17, 15) is 22.8 Å². The maximum Gasteiger partial charge on any atom is 0.259 e. The lowest BCUT2D eigenvalue weighted by Gasteiger charge is -2.33. The number of nitrogens with one attached hydrogen (secondary N) is 2. The summed E-state index contributed by atoms with van der Waals surface area (Å²) in [6.45, 7) is 9.23. The van der Waals surface area contributed by atoms with E-state index in [0.29, 0.717) is 29.0 Å². The summed E-state index contributed by atoms with van der Waals surface area (Å²) in [5.41, 5.74) is 4.24. The van der Waals surface area contributed by atoms with Crippen molar-refractivity contribution >= 4 is 50.1 Å². The molecule has 2 saturated carbocycles. The summed E-state index contributed by atoms with van der Waals surface area (Å²) in [6.07, 6.45) is 3.56. The fourth-order valence-corrected chi connectivity index (χ4v) is 7.06. The van der Waals surface area contributed by atoms with Gasteiger partial charge in [-0.1, -0.05) is 38.4 Å². The van der Waals surface area contributed by atoms with Gasteiger partial charge in [0.15, 0.2) is 0 Å². The largest absolute Gasteiger partial charge is 0.494 e. The SMILES string of the molecule is C=C[C@@H]1C[C@]1(NC(=O)[C@@H]1C[C@@H](Oc2ncc(OC)c3ccc(Cl)cc23)CN1C(=O)C(N)C(C)(C)C)C(=O)NS(=O)(=O)C1CC1. The van der Waals surface area contributed by atoms with E-state index in [2.05, 4.69) is 21.6 Å². The first-order chi connectivity index (χ1) is 20.6. The van der Waals surface area contributed by atoms with Crippen LogP contribution in [0.4, 0.5) is 0 Å². The number of carbonyl (C=O) groups is 3. The number of rotatable bonds is 10. The van der Waals surface area contributed by atoms with Crippen LogP contribution in [-0.4, -0.2) is 78.7 Å². The average Bonchev–Trinajstić information content (AvgIpc) is 3.88. The molecular formula is C30H38ClN5O7S. The Balaban J connectivity index is 1.42. The first kappa shape index (κ1) is 32.0. The zero-order valence-corrected chi connectivity index (χ0v) is 26.7. The van der Waals surface area contributed by atoms with Crippen LogP contribution in [0, 0.1) is 11.3 Å². The minimum atomic E-state index is -3.85. The van der Waals surface area contributed by atoms with Crippen LogP contribution in [0.25, 0.3) is 10.8 Å². The van der Waals surface area contributed by atoms with Crippen LogP contribution < -0.4 is 25.2 Å². The molecule has 5 atom stereocenters. The number of methoxy groups -OCH3 is 1.